The van der Waals surface area contributed by atoms with E-state index in [1.165, 1.54) is 0 Å². The van der Waals surface area contributed by atoms with Crippen LogP contribution in [0.2, 0.25) is 0 Å². The second-order valence-electron chi connectivity index (χ2n) is 7.13. The fraction of sp³-hybridized carbons (Fsp3) is 0.250. The van der Waals surface area contributed by atoms with Crippen molar-refractivity contribution >= 4 is 22.8 Å². The van der Waals surface area contributed by atoms with Crippen LogP contribution in [0.1, 0.15) is 31.1 Å². The van der Waals surface area contributed by atoms with Gasteiger partial charge in [0.05, 0.1) is 17.6 Å². The molecule has 0 atom stereocenters. The van der Waals surface area contributed by atoms with Crippen LogP contribution in [0.25, 0.3) is 16.7 Å². The van der Waals surface area contributed by atoms with Crippen LogP contribution in [0, 0.1) is 0 Å². The fourth-order valence-corrected chi connectivity index (χ4v) is 2.66. The van der Waals surface area contributed by atoms with E-state index >= 15 is 0 Å². The molecule has 134 valence electrons. The van der Waals surface area contributed by atoms with Gasteiger partial charge < -0.3 is 10.6 Å². The lowest BCUT2D eigenvalue weighted by molar-refractivity contribution is -0.121. The Morgan fingerprint density at radius 2 is 1.73 bits per heavy atom. The number of hydrogen-bond acceptors (Lipinski definition) is 3. The molecule has 1 aromatic heterocycles. The molecule has 0 aliphatic rings. The number of carbonyl (C=O) groups excluding carboxylic acids is 2. The van der Waals surface area contributed by atoms with E-state index in [1.54, 1.807) is 18.5 Å². The Bertz CT molecular complexity index is 936. The molecule has 0 spiro atoms. The van der Waals surface area contributed by atoms with E-state index in [0.717, 1.165) is 16.7 Å². The van der Waals surface area contributed by atoms with Crippen molar-refractivity contribution < 1.29 is 9.59 Å². The standard InChI is InChI=1S/C20H22N4O2/c1-20(2,3)23-18(25)12-21-19(26)14-8-10-15(11-9-14)24-13-22-16-6-4-5-7-17(16)24/h4-11,13H,12H2,1-3H3,(H,21,26)(H,23,25). The van der Waals surface area contributed by atoms with Crippen molar-refractivity contribution in [3.63, 3.8) is 0 Å². The van der Waals surface area contributed by atoms with Crippen molar-refractivity contribution in [1.29, 1.82) is 0 Å². The van der Waals surface area contributed by atoms with Crippen LogP contribution in [0.15, 0.2) is 54.9 Å². The van der Waals surface area contributed by atoms with Gasteiger partial charge in [0.25, 0.3) is 5.91 Å². The second kappa shape index (κ2) is 7.00. The van der Waals surface area contributed by atoms with Crippen LogP contribution in [0.4, 0.5) is 0 Å². The Morgan fingerprint density at radius 3 is 2.42 bits per heavy atom. The Labute approximate surface area is 152 Å². The molecule has 1 heterocycles. The number of benzene rings is 2. The highest BCUT2D eigenvalue weighted by atomic mass is 16.2. The molecule has 3 aromatic rings. The number of nitrogens with zero attached hydrogens (tertiary/aromatic N) is 2. The molecule has 3 rings (SSSR count). The topological polar surface area (TPSA) is 76.0 Å². The predicted octanol–water partition coefficient (Wildman–Crippen LogP) is 2.67. The van der Waals surface area contributed by atoms with E-state index in [2.05, 4.69) is 15.6 Å². The number of carbonyl (C=O) groups is 2. The SMILES string of the molecule is CC(C)(C)NC(=O)CNC(=O)c1ccc(-n2cnc3ccccc32)cc1. The second-order valence-corrected chi connectivity index (χ2v) is 7.13. The lowest BCUT2D eigenvalue weighted by atomic mass is 10.1. The van der Waals surface area contributed by atoms with Crippen molar-refractivity contribution in [2.45, 2.75) is 26.3 Å². The molecule has 0 radical (unpaired) electrons. The molecule has 0 fully saturated rings. The van der Waals surface area contributed by atoms with Gasteiger partial charge >= 0.3 is 0 Å². The summed E-state index contributed by atoms with van der Waals surface area (Å²) in [6.07, 6.45) is 1.76. The van der Waals surface area contributed by atoms with Crippen molar-refractivity contribution in [3.05, 3.63) is 60.4 Å². The summed E-state index contributed by atoms with van der Waals surface area (Å²) in [7, 11) is 0. The highest BCUT2D eigenvalue weighted by molar-refractivity contribution is 5.96. The number of aromatic nitrogens is 2. The molecule has 0 bridgehead atoms. The molecule has 0 aliphatic heterocycles. The third-order valence-electron chi connectivity index (χ3n) is 3.79. The van der Waals surface area contributed by atoms with Gasteiger partial charge in [0.2, 0.25) is 5.91 Å². The van der Waals surface area contributed by atoms with Crippen molar-refractivity contribution in [2.75, 3.05) is 6.54 Å². The van der Waals surface area contributed by atoms with E-state index in [9.17, 15) is 9.59 Å². The molecule has 2 aromatic carbocycles. The first-order chi connectivity index (χ1) is 12.3. The molecule has 2 amide bonds. The van der Waals surface area contributed by atoms with Crippen LogP contribution >= 0.6 is 0 Å². The average molecular weight is 350 g/mol. The largest absolute Gasteiger partial charge is 0.350 e. The summed E-state index contributed by atoms with van der Waals surface area (Å²) >= 11 is 0. The first kappa shape index (κ1) is 17.7. The highest BCUT2D eigenvalue weighted by Crippen LogP contribution is 2.18. The predicted molar refractivity (Wildman–Crippen MR) is 101 cm³/mol. The van der Waals surface area contributed by atoms with E-state index in [1.807, 2.05) is 61.7 Å². The third-order valence-corrected chi connectivity index (χ3v) is 3.79. The van der Waals surface area contributed by atoms with Crippen LogP contribution in [0.5, 0.6) is 0 Å². The average Bonchev–Trinajstić information content (AvgIpc) is 3.02. The minimum Gasteiger partial charge on any atom is -0.350 e. The highest BCUT2D eigenvalue weighted by Gasteiger charge is 2.15. The smallest absolute Gasteiger partial charge is 0.251 e. The van der Waals surface area contributed by atoms with Gasteiger partial charge in [-0.1, -0.05) is 12.1 Å². The Kier molecular flexibility index (Phi) is 4.75. The van der Waals surface area contributed by atoms with Gasteiger partial charge in [-0.05, 0) is 57.2 Å². The molecular weight excluding hydrogens is 328 g/mol. The zero-order valence-electron chi connectivity index (χ0n) is 15.1. The Morgan fingerprint density at radius 1 is 1.04 bits per heavy atom. The first-order valence-corrected chi connectivity index (χ1v) is 8.45. The van der Waals surface area contributed by atoms with E-state index in [0.29, 0.717) is 5.56 Å². The molecule has 6 nitrogen and oxygen atoms in total. The van der Waals surface area contributed by atoms with Crippen LogP contribution in [-0.4, -0.2) is 33.4 Å². The maximum atomic E-state index is 12.2. The van der Waals surface area contributed by atoms with Crippen molar-refractivity contribution in [3.8, 4) is 5.69 Å². The summed E-state index contributed by atoms with van der Waals surface area (Å²) in [5, 5.41) is 5.44. The summed E-state index contributed by atoms with van der Waals surface area (Å²) in [5.41, 5.74) is 3.02. The van der Waals surface area contributed by atoms with Gasteiger partial charge in [-0.25, -0.2) is 4.98 Å². The summed E-state index contributed by atoms with van der Waals surface area (Å²) in [6.45, 7) is 5.63. The van der Waals surface area contributed by atoms with Crippen LogP contribution in [0.3, 0.4) is 0 Å². The van der Waals surface area contributed by atoms with Crippen molar-refractivity contribution in [2.24, 2.45) is 0 Å². The Balaban J connectivity index is 1.68. The number of amides is 2. The molecule has 6 heteroatoms. The zero-order chi connectivity index (χ0) is 18.7. The maximum absolute atomic E-state index is 12.2. The lowest BCUT2D eigenvalue weighted by Crippen LogP contribution is -2.45. The molecule has 0 aliphatic carbocycles. The van der Waals surface area contributed by atoms with E-state index in [-0.39, 0.29) is 23.9 Å². The zero-order valence-corrected chi connectivity index (χ0v) is 15.1. The molecule has 0 saturated heterocycles. The lowest BCUT2D eigenvalue weighted by Gasteiger charge is -2.20. The maximum Gasteiger partial charge on any atom is 0.251 e. The number of imidazole rings is 1. The quantitative estimate of drug-likeness (QED) is 0.759. The molecule has 2 N–H and O–H groups in total. The molecule has 0 saturated carbocycles. The van der Waals surface area contributed by atoms with Crippen molar-refractivity contribution in [1.82, 2.24) is 20.2 Å². The molecule has 26 heavy (non-hydrogen) atoms. The number of rotatable bonds is 4. The van der Waals surface area contributed by atoms with Gasteiger partial charge in [0.1, 0.15) is 6.33 Å². The number of nitrogens with one attached hydrogen (secondary N) is 2. The van der Waals surface area contributed by atoms with Crippen LogP contribution < -0.4 is 10.6 Å². The van der Waals surface area contributed by atoms with Gasteiger partial charge in [0.15, 0.2) is 0 Å². The minimum absolute atomic E-state index is 0.0516. The summed E-state index contributed by atoms with van der Waals surface area (Å²) in [5.74, 6) is -0.497. The number of para-hydroxylation sites is 2. The van der Waals surface area contributed by atoms with Gasteiger partial charge in [-0.3, -0.25) is 14.2 Å². The Hall–Kier alpha value is -3.15. The minimum atomic E-state index is -0.322. The monoisotopic (exact) mass is 350 g/mol. The van der Waals surface area contributed by atoms with Crippen LogP contribution in [-0.2, 0) is 4.79 Å². The number of fused-ring (bicyclic) bond motifs is 1. The fourth-order valence-electron chi connectivity index (χ4n) is 2.66. The van der Waals surface area contributed by atoms with Gasteiger partial charge in [-0.15, -0.1) is 0 Å². The van der Waals surface area contributed by atoms with E-state index < -0.39 is 0 Å². The normalized spacial score (nSPS) is 11.3. The summed E-state index contributed by atoms with van der Waals surface area (Å²) < 4.78 is 1.97. The van der Waals surface area contributed by atoms with Gasteiger partial charge in [0, 0.05) is 16.8 Å². The summed E-state index contributed by atoms with van der Waals surface area (Å²) in [4.78, 5) is 28.4. The molecular formula is C20H22N4O2. The first-order valence-electron chi connectivity index (χ1n) is 8.45. The summed E-state index contributed by atoms with van der Waals surface area (Å²) in [6, 6.07) is 15.1. The molecule has 0 unspecified atom stereocenters. The van der Waals surface area contributed by atoms with Gasteiger partial charge in [-0.2, -0.15) is 0 Å². The third kappa shape index (κ3) is 4.08. The van der Waals surface area contributed by atoms with E-state index in [4.69, 9.17) is 0 Å². The number of hydrogen-bond donors (Lipinski definition) is 2.